The maximum absolute atomic E-state index is 4.70. The Kier molecular flexibility index (Phi) is 3.29. The molecule has 0 spiro atoms. The van der Waals surface area contributed by atoms with Crippen LogP contribution >= 0.6 is 11.3 Å². The number of hydrogen-bond acceptors (Lipinski definition) is 3. The van der Waals surface area contributed by atoms with Gasteiger partial charge in [-0.25, -0.2) is 4.98 Å². The highest BCUT2D eigenvalue weighted by Gasteiger charge is 2.17. The Balaban J connectivity index is 2.17. The molecular formula is C12H20N2S. The minimum atomic E-state index is 0.612. The number of anilines is 1. The van der Waals surface area contributed by atoms with Crippen LogP contribution in [0.5, 0.6) is 0 Å². The van der Waals surface area contributed by atoms with Crippen molar-refractivity contribution in [2.75, 3.05) is 18.0 Å². The van der Waals surface area contributed by atoms with E-state index in [1.54, 1.807) is 0 Å². The molecule has 2 heterocycles. The molecule has 1 aliphatic heterocycles. The normalized spacial score (nSPS) is 17.5. The van der Waals surface area contributed by atoms with E-state index < -0.39 is 0 Å². The maximum atomic E-state index is 4.70. The van der Waals surface area contributed by atoms with E-state index in [-0.39, 0.29) is 0 Å². The molecule has 0 amide bonds. The first-order valence-electron chi connectivity index (χ1n) is 5.90. The molecule has 0 saturated carbocycles. The van der Waals surface area contributed by atoms with Crippen LogP contribution in [0.25, 0.3) is 0 Å². The van der Waals surface area contributed by atoms with Gasteiger partial charge in [-0.3, -0.25) is 0 Å². The molecule has 1 aromatic rings. The second kappa shape index (κ2) is 4.52. The largest absolute Gasteiger partial charge is 0.348 e. The molecule has 0 aromatic carbocycles. The number of aryl methyl sites for hydroxylation is 1. The Morgan fingerprint density at radius 2 is 1.87 bits per heavy atom. The van der Waals surface area contributed by atoms with E-state index in [1.807, 2.05) is 11.3 Å². The topological polar surface area (TPSA) is 16.1 Å². The molecule has 0 bridgehead atoms. The fourth-order valence-corrected chi connectivity index (χ4v) is 3.27. The van der Waals surface area contributed by atoms with E-state index in [9.17, 15) is 0 Å². The molecule has 0 aliphatic carbocycles. The molecular weight excluding hydrogens is 204 g/mol. The van der Waals surface area contributed by atoms with Crippen molar-refractivity contribution >= 4 is 16.5 Å². The molecule has 2 nitrogen and oxygen atoms in total. The summed E-state index contributed by atoms with van der Waals surface area (Å²) >= 11 is 1.89. The van der Waals surface area contributed by atoms with Crippen LogP contribution in [0.2, 0.25) is 0 Å². The zero-order chi connectivity index (χ0) is 10.8. The van der Waals surface area contributed by atoms with Crippen LogP contribution in [-0.2, 0) is 0 Å². The van der Waals surface area contributed by atoms with Crippen LogP contribution in [0.15, 0.2) is 0 Å². The first-order chi connectivity index (χ1) is 7.18. The fourth-order valence-electron chi connectivity index (χ4n) is 2.15. The van der Waals surface area contributed by atoms with Gasteiger partial charge in [0.05, 0.1) is 5.69 Å². The van der Waals surface area contributed by atoms with Crippen LogP contribution in [0.1, 0.15) is 49.6 Å². The summed E-state index contributed by atoms with van der Waals surface area (Å²) in [5.74, 6) is 0.612. The Morgan fingerprint density at radius 3 is 2.40 bits per heavy atom. The molecule has 1 aliphatic rings. The number of rotatable bonds is 2. The summed E-state index contributed by atoms with van der Waals surface area (Å²) in [6, 6.07) is 0. The Morgan fingerprint density at radius 1 is 1.20 bits per heavy atom. The van der Waals surface area contributed by atoms with Gasteiger partial charge < -0.3 is 4.90 Å². The van der Waals surface area contributed by atoms with Gasteiger partial charge in [0.15, 0.2) is 5.13 Å². The highest BCUT2D eigenvalue weighted by Crippen LogP contribution is 2.32. The second-order valence-electron chi connectivity index (χ2n) is 4.65. The summed E-state index contributed by atoms with van der Waals surface area (Å²) < 4.78 is 0. The molecule has 3 heteroatoms. The molecule has 1 fully saturated rings. The predicted octanol–water partition coefficient (Wildman–Crippen LogP) is 3.57. The first-order valence-corrected chi connectivity index (χ1v) is 6.72. The van der Waals surface area contributed by atoms with Gasteiger partial charge in [-0.2, -0.15) is 0 Å². The minimum Gasteiger partial charge on any atom is -0.348 e. The third-order valence-electron chi connectivity index (χ3n) is 2.97. The van der Waals surface area contributed by atoms with Gasteiger partial charge in [-0.1, -0.05) is 13.8 Å². The van der Waals surface area contributed by atoms with Crippen LogP contribution in [-0.4, -0.2) is 18.1 Å². The van der Waals surface area contributed by atoms with Crippen molar-refractivity contribution in [3.05, 3.63) is 10.6 Å². The standard InChI is InChI=1S/C12H20N2S/c1-9(2)11-10(3)13-12(15-11)14-7-5-4-6-8-14/h9H,4-8H2,1-3H3. The predicted molar refractivity (Wildman–Crippen MR) is 67.0 cm³/mol. The Bertz CT molecular complexity index is 324. The summed E-state index contributed by atoms with van der Waals surface area (Å²) in [4.78, 5) is 8.61. The number of hydrogen-bond donors (Lipinski definition) is 0. The molecule has 0 radical (unpaired) electrons. The van der Waals surface area contributed by atoms with Gasteiger partial charge in [0.1, 0.15) is 0 Å². The van der Waals surface area contributed by atoms with Crippen LogP contribution in [0.3, 0.4) is 0 Å². The zero-order valence-electron chi connectivity index (χ0n) is 9.92. The zero-order valence-corrected chi connectivity index (χ0v) is 10.7. The maximum Gasteiger partial charge on any atom is 0.185 e. The third-order valence-corrected chi connectivity index (χ3v) is 4.49. The smallest absolute Gasteiger partial charge is 0.185 e. The molecule has 0 atom stereocenters. The van der Waals surface area contributed by atoms with Crippen molar-refractivity contribution in [2.24, 2.45) is 0 Å². The average Bonchev–Trinajstić information content (AvgIpc) is 2.62. The highest BCUT2D eigenvalue weighted by molar-refractivity contribution is 7.15. The van der Waals surface area contributed by atoms with E-state index in [2.05, 4.69) is 25.7 Å². The van der Waals surface area contributed by atoms with Crippen molar-refractivity contribution in [3.8, 4) is 0 Å². The van der Waals surface area contributed by atoms with Gasteiger partial charge in [0, 0.05) is 18.0 Å². The van der Waals surface area contributed by atoms with Crippen molar-refractivity contribution in [2.45, 2.75) is 46.0 Å². The van der Waals surface area contributed by atoms with E-state index in [4.69, 9.17) is 4.98 Å². The number of thiazole rings is 1. The minimum absolute atomic E-state index is 0.612. The van der Waals surface area contributed by atoms with Gasteiger partial charge in [-0.15, -0.1) is 11.3 Å². The molecule has 1 aromatic heterocycles. The molecule has 15 heavy (non-hydrogen) atoms. The fraction of sp³-hybridized carbons (Fsp3) is 0.750. The third kappa shape index (κ3) is 2.33. The van der Waals surface area contributed by atoms with Crippen LogP contribution in [0.4, 0.5) is 5.13 Å². The summed E-state index contributed by atoms with van der Waals surface area (Å²) in [6.07, 6.45) is 4.04. The van der Waals surface area contributed by atoms with Crippen molar-refractivity contribution in [1.29, 1.82) is 0 Å². The molecule has 1 saturated heterocycles. The number of nitrogens with zero attached hydrogens (tertiary/aromatic N) is 2. The molecule has 0 N–H and O–H groups in total. The van der Waals surface area contributed by atoms with Gasteiger partial charge >= 0.3 is 0 Å². The lowest BCUT2D eigenvalue weighted by Gasteiger charge is -2.25. The SMILES string of the molecule is Cc1nc(N2CCCCC2)sc1C(C)C. The number of piperidine rings is 1. The van der Waals surface area contributed by atoms with Gasteiger partial charge in [0.2, 0.25) is 0 Å². The summed E-state index contributed by atoms with van der Waals surface area (Å²) in [7, 11) is 0. The quantitative estimate of drug-likeness (QED) is 0.763. The molecule has 2 rings (SSSR count). The van der Waals surface area contributed by atoms with Crippen molar-refractivity contribution in [3.63, 3.8) is 0 Å². The average molecular weight is 224 g/mol. The van der Waals surface area contributed by atoms with E-state index in [0.717, 1.165) is 0 Å². The number of aromatic nitrogens is 1. The monoisotopic (exact) mass is 224 g/mol. The first kappa shape index (κ1) is 10.9. The van der Waals surface area contributed by atoms with Crippen LogP contribution < -0.4 is 4.90 Å². The highest BCUT2D eigenvalue weighted by atomic mass is 32.1. The summed E-state index contributed by atoms with van der Waals surface area (Å²) in [6.45, 7) is 9.04. The van der Waals surface area contributed by atoms with E-state index >= 15 is 0 Å². The van der Waals surface area contributed by atoms with Crippen LogP contribution in [0, 0.1) is 6.92 Å². The second-order valence-corrected chi connectivity index (χ2v) is 5.66. The lowest BCUT2D eigenvalue weighted by Crippen LogP contribution is -2.29. The van der Waals surface area contributed by atoms with Crippen molar-refractivity contribution < 1.29 is 0 Å². The molecule has 0 unspecified atom stereocenters. The summed E-state index contributed by atoms with van der Waals surface area (Å²) in [5, 5.41) is 1.25. The van der Waals surface area contributed by atoms with Crippen molar-refractivity contribution in [1.82, 2.24) is 4.98 Å². The van der Waals surface area contributed by atoms with E-state index in [1.165, 1.54) is 48.1 Å². The Hall–Kier alpha value is -0.570. The van der Waals surface area contributed by atoms with Gasteiger partial charge in [-0.05, 0) is 32.1 Å². The lowest BCUT2D eigenvalue weighted by molar-refractivity contribution is 0.576. The summed E-state index contributed by atoms with van der Waals surface area (Å²) in [5.41, 5.74) is 1.23. The lowest BCUT2D eigenvalue weighted by atomic mass is 10.1. The molecule has 84 valence electrons. The Labute approximate surface area is 96.3 Å². The van der Waals surface area contributed by atoms with Gasteiger partial charge in [0.25, 0.3) is 0 Å². The van der Waals surface area contributed by atoms with E-state index in [0.29, 0.717) is 5.92 Å².